The summed E-state index contributed by atoms with van der Waals surface area (Å²) in [5.41, 5.74) is 3.20. The molecule has 1 N–H and O–H groups in total. The zero-order valence-corrected chi connectivity index (χ0v) is 17.3. The van der Waals surface area contributed by atoms with Gasteiger partial charge in [-0.25, -0.2) is 4.98 Å². The second kappa shape index (κ2) is 7.77. The highest BCUT2D eigenvalue weighted by Crippen LogP contribution is 2.40. The number of nitrogens with zero attached hydrogens (tertiary/aromatic N) is 4. The van der Waals surface area contributed by atoms with Crippen LogP contribution in [0.4, 0.5) is 0 Å². The van der Waals surface area contributed by atoms with Crippen LogP contribution < -0.4 is 0 Å². The second-order valence-corrected chi connectivity index (χ2v) is 7.67. The minimum atomic E-state index is -0.731. The van der Waals surface area contributed by atoms with Gasteiger partial charge in [-0.05, 0) is 36.2 Å². The summed E-state index contributed by atoms with van der Waals surface area (Å²) in [6.45, 7) is 1.96. The maximum absolute atomic E-state index is 13.2. The van der Waals surface area contributed by atoms with Crippen LogP contribution in [-0.2, 0) is 16.1 Å². The van der Waals surface area contributed by atoms with Crippen LogP contribution >= 0.6 is 0 Å². The van der Waals surface area contributed by atoms with E-state index in [-0.39, 0.29) is 17.9 Å². The lowest BCUT2D eigenvalue weighted by Gasteiger charge is -2.25. The largest absolute Gasteiger partial charge is 0.505 e. The molecule has 1 amide bonds. The Morgan fingerprint density at radius 1 is 1.03 bits per heavy atom. The Morgan fingerprint density at radius 2 is 1.81 bits per heavy atom. The number of Topliss-reactive ketones (excluding diaryl/α,β-unsaturated/α-hetero) is 1. The average Bonchev–Trinajstić information content (AvgIpc) is 3.28. The van der Waals surface area contributed by atoms with Gasteiger partial charge in [0.25, 0.3) is 11.7 Å². The van der Waals surface area contributed by atoms with Crippen LogP contribution in [0.1, 0.15) is 28.6 Å². The molecule has 3 aromatic heterocycles. The van der Waals surface area contributed by atoms with Crippen molar-refractivity contribution < 1.29 is 14.7 Å². The van der Waals surface area contributed by atoms with Crippen LogP contribution in [0, 0.1) is 6.92 Å². The number of pyridine rings is 2. The summed E-state index contributed by atoms with van der Waals surface area (Å²) < 4.78 is 1.72. The van der Waals surface area contributed by atoms with E-state index in [1.807, 2.05) is 54.6 Å². The molecule has 1 aliphatic heterocycles. The summed E-state index contributed by atoms with van der Waals surface area (Å²) in [4.78, 5) is 36.4. The molecule has 0 spiro atoms. The first-order chi connectivity index (χ1) is 15.6. The van der Waals surface area contributed by atoms with Crippen molar-refractivity contribution in [1.29, 1.82) is 0 Å². The van der Waals surface area contributed by atoms with Crippen molar-refractivity contribution in [3.05, 3.63) is 107 Å². The van der Waals surface area contributed by atoms with Gasteiger partial charge in [0.2, 0.25) is 0 Å². The summed E-state index contributed by atoms with van der Waals surface area (Å²) >= 11 is 0. The Morgan fingerprint density at radius 3 is 2.56 bits per heavy atom. The van der Waals surface area contributed by atoms with Crippen LogP contribution in [0.5, 0.6) is 0 Å². The smallest absolute Gasteiger partial charge is 0.295 e. The number of aromatic nitrogens is 3. The fraction of sp³-hybridized carbons (Fsp3) is 0.120. The molecule has 0 bridgehead atoms. The van der Waals surface area contributed by atoms with E-state index in [0.29, 0.717) is 17.0 Å². The van der Waals surface area contributed by atoms with Gasteiger partial charge in [0.15, 0.2) is 5.76 Å². The van der Waals surface area contributed by atoms with Gasteiger partial charge in [0.1, 0.15) is 11.3 Å². The number of ketones is 1. The normalized spacial score (nSPS) is 17.9. The van der Waals surface area contributed by atoms with Gasteiger partial charge >= 0.3 is 0 Å². The Kier molecular flexibility index (Phi) is 4.78. The first-order valence-electron chi connectivity index (χ1n) is 10.2. The highest BCUT2D eigenvalue weighted by atomic mass is 16.3. The van der Waals surface area contributed by atoms with E-state index in [1.165, 1.54) is 4.90 Å². The molecule has 5 rings (SSSR count). The van der Waals surface area contributed by atoms with Gasteiger partial charge in [0.05, 0.1) is 17.3 Å². The topological polar surface area (TPSA) is 87.8 Å². The van der Waals surface area contributed by atoms with E-state index in [0.717, 1.165) is 11.1 Å². The van der Waals surface area contributed by atoms with Crippen LogP contribution in [0.2, 0.25) is 0 Å². The van der Waals surface area contributed by atoms with Crippen LogP contribution in [0.15, 0.2) is 84.8 Å². The molecule has 1 aromatic carbocycles. The molecular formula is C25H20N4O3. The molecule has 7 nitrogen and oxygen atoms in total. The third kappa shape index (κ3) is 3.15. The molecular weight excluding hydrogens is 404 g/mol. The van der Waals surface area contributed by atoms with Gasteiger partial charge in [-0.1, -0.05) is 42.5 Å². The van der Waals surface area contributed by atoms with Crippen molar-refractivity contribution in [3.8, 4) is 0 Å². The Labute approximate surface area is 184 Å². The van der Waals surface area contributed by atoms with Crippen LogP contribution in [-0.4, -0.2) is 36.1 Å². The van der Waals surface area contributed by atoms with Gasteiger partial charge in [-0.3, -0.25) is 19.0 Å². The Balaban J connectivity index is 1.71. The van der Waals surface area contributed by atoms with E-state index in [4.69, 9.17) is 0 Å². The second-order valence-electron chi connectivity index (χ2n) is 7.67. The Hall–Kier alpha value is -4.26. The zero-order valence-electron chi connectivity index (χ0n) is 17.3. The number of fused-ring (bicyclic) bond motifs is 1. The van der Waals surface area contributed by atoms with Gasteiger partial charge in [-0.15, -0.1) is 0 Å². The standard InChI is InChI=1S/C25H20N4O3/c1-16-21(28-13-6-5-11-19(28)27-16)23(30)20-22(18-9-3-2-4-10-18)29(25(32)24(20)31)15-17-8-7-12-26-14-17/h2-14,22,30H,15H2,1H3. The van der Waals surface area contributed by atoms with Crippen molar-refractivity contribution in [2.24, 2.45) is 0 Å². The lowest BCUT2D eigenvalue weighted by atomic mass is 9.96. The summed E-state index contributed by atoms with van der Waals surface area (Å²) in [6.07, 6.45) is 5.09. The lowest BCUT2D eigenvalue weighted by Crippen LogP contribution is -2.29. The molecule has 0 saturated carbocycles. The fourth-order valence-electron chi connectivity index (χ4n) is 4.24. The van der Waals surface area contributed by atoms with Gasteiger partial charge in [-0.2, -0.15) is 0 Å². The van der Waals surface area contributed by atoms with E-state index in [9.17, 15) is 14.7 Å². The molecule has 1 aliphatic rings. The average molecular weight is 424 g/mol. The molecule has 4 heterocycles. The summed E-state index contributed by atoms with van der Waals surface area (Å²) in [7, 11) is 0. The molecule has 1 saturated heterocycles. The van der Waals surface area contributed by atoms with Crippen molar-refractivity contribution in [3.63, 3.8) is 0 Å². The third-order valence-corrected chi connectivity index (χ3v) is 5.66. The summed E-state index contributed by atoms with van der Waals surface area (Å²) in [5, 5.41) is 11.4. The number of benzene rings is 1. The number of amides is 1. The highest BCUT2D eigenvalue weighted by Gasteiger charge is 2.46. The SMILES string of the molecule is Cc1nc2ccccn2c1C(O)=C1C(=O)C(=O)N(Cc2cccnc2)C1c1ccccc1. The Bertz CT molecular complexity index is 1360. The molecule has 0 radical (unpaired) electrons. The van der Waals surface area contributed by atoms with E-state index >= 15 is 0 Å². The zero-order chi connectivity index (χ0) is 22.2. The van der Waals surface area contributed by atoms with Gasteiger partial charge < -0.3 is 10.0 Å². The first-order valence-corrected chi connectivity index (χ1v) is 10.2. The first kappa shape index (κ1) is 19.7. The van der Waals surface area contributed by atoms with E-state index in [2.05, 4.69) is 9.97 Å². The number of aliphatic hydroxyl groups is 1. The number of hydrogen-bond acceptors (Lipinski definition) is 5. The molecule has 0 aliphatic carbocycles. The summed E-state index contributed by atoms with van der Waals surface area (Å²) in [6, 6.07) is 17.6. The monoisotopic (exact) mass is 424 g/mol. The predicted octanol–water partition coefficient (Wildman–Crippen LogP) is 3.66. The minimum absolute atomic E-state index is 0.0545. The van der Waals surface area contributed by atoms with E-state index < -0.39 is 17.7 Å². The van der Waals surface area contributed by atoms with E-state index in [1.54, 1.807) is 36.0 Å². The maximum atomic E-state index is 13.2. The minimum Gasteiger partial charge on any atom is -0.505 e. The number of rotatable bonds is 4. The van der Waals surface area contributed by atoms with Crippen molar-refractivity contribution in [2.45, 2.75) is 19.5 Å². The molecule has 158 valence electrons. The number of imidazole rings is 1. The molecule has 1 atom stereocenters. The molecule has 7 heteroatoms. The molecule has 32 heavy (non-hydrogen) atoms. The van der Waals surface area contributed by atoms with Crippen LogP contribution in [0.25, 0.3) is 11.4 Å². The van der Waals surface area contributed by atoms with Crippen LogP contribution in [0.3, 0.4) is 0 Å². The molecule has 1 unspecified atom stereocenters. The number of likely N-dealkylation sites (tertiary alicyclic amines) is 1. The number of carbonyl (C=O) groups excluding carboxylic acids is 2. The van der Waals surface area contributed by atoms with Crippen molar-refractivity contribution >= 4 is 23.1 Å². The number of carbonyl (C=O) groups is 2. The molecule has 1 fully saturated rings. The number of aliphatic hydroxyl groups excluding tert-OH is 1. The number of hydrogen-bond donors (Lipinski definition) is 1. The summed E-state index contributed by atoms with van der Waals surface area (Å²) in [5.74, 6) is -1.61. The number of aryl methyl sites for hydroxylation is 1. The maximum Gasteiger partial charge on any atom is 0.295 e. The third-order valence-electron chi connectivity index (χ3n) is 5.66. The fourth-order valence-corrected chi connectivity index (χ4v) is 4.24. The lowest BCUT2D eigenvalue weighted by molar-refractivity contribution is -0.140. The predicted molar refractivity (Wildman–Crippen MR) is 118 cm³/mol. The van der Waals surface area contributed by atoms with Crippen molar-refractivity contribution in [1.82, 2.24) is 19.3 Å². The highest BCUT2D eigenvalue weighted by molar-refractivity contribution is 6.46. The van der Waals surface area contributed by atoms with Crippen molar-refractivity contribution in [2.75, 3.05) is 0 Å². The molecule has 4 aromatic rings. The quantitative estimate of drug-likeness (QED) is 0.307. The van der Waals surface area contributed by atoms with Gasteiger partial charge in [0, 0.05) is 25.1 Å².